The molecule has 1 aromatic carbocycles. The number of amides is 1. The number of hydrogen-bond donors (Lipinski definition) is 2. The van der Waals surface area contributed by atoms with E-state index in [2.05, 4.69) is 43.8 Å². The molecule has 19 heavy (non-hydrogen) atoms. The molecule has 4 nitrogen and oxygen atoms in total. The third-order valence-electron chi connectivity index (χ3n) is 2.69. The number of carboxylic acids is 1. The van der Waals surface area contributed by atoms with Crippen molar-refractivity contribution in [2.45, 2.75) is 19.8 Å². The van der Waals surface area contributed by atoms with Gasteiger partial charge in [-0.15, -0.1) is 0 Å². The zero-order valence-corrected chi connectivity index (χ0v) is 14.2. The Morgan fingerprint density at radius 2 is 2.16 bits per heavy atom. The van der Waals surface area contributed by atoms with E-state index in [9.17, 15) is 9.59 Å². The maximum absolute atomic E-state index is 11.9. The molecule has 0 saturated heterocycles. The van der Waals surface area contributed by atoms with Crippen molar-refractivity contribution >= 4 is 50.4 Å². The monoisotopic (exact) mass is 439 g/mol. The number of carbonyl (C=O) groups is 2. The molecule has 0 bridgehead atoms. The van der Waals surface area contributed by atoms with Gasteiger partial charge in [0.25, 0.3) is 5.91 Å². The highest BCUT2D eigenvalue weighted by molar-refractivity contribution is 14.1. The van der Waals surface area contributed by atoms with Crippen LogP contribution in [0.3, 0.4) is 0 Å². The van der Waals surface area contributed by atoms with Crippen LogP contribution in [0.4, 0.5) is 0 Å². The molecule has 0 spiro atoms. The summed E-state index contributed by atoms with van der Waals surface area (Å²) in [5.74, 6) is -1.30. The van der Waals surface area contributed by atoms with Crippen LogP contribution in [-0.4, -0.2) is 23.5 Å². The Balaban J connectivity index is 2.43. The van der Waals surface area contributed by atoms with Gasteiger partial charge in [-0.25, -0.2) is 0 Å². The molecule has 1 rings (SSSR count). The van der Waals surface area contributed by atoms with Gasteiger partial charge in [0.2, 0.25) is 0 Å². The predicted octanol–water partition coefficient (Wildman–Crippen LogP) is 3.28. The maximum atomic E-state index is 11.9. The first-order chi connectivity index (χ1) is 8.91. The Hall–Kier alpha value is -0.630. The third kappa shape index (κ3) is 5.48. The van der Waals surface area contributed by atoms with Gasteiger partial charge in [-0.2, -0.15) is 0 Å². The number of rotatable bonds is 6. The molecule has 1 amide bonds. The van der Waals surface area contributed by atoms with E-state index >= 15 is 0 Å². The number of carbonyl (C=O) groups excluding carboxylic acids is 1. The molecule has 0 aromatic heterocycles. The molecule has 104 valence electrons. The van der Waals surface area contributed by atoms with Gasteiger partial charge in [0.05, 0.1) is 11.5 Å². The summed E-state index contributed by atoms with van der Waals surface area (Å²) in [6, 6.07) is 5.52. The van der Waals surface area contributed by atoms with Crippen molar-refractivity contribution in [2.24, 2.45) is 5.92 Å². The van der Waals surface area contributed by atoms with Crippen molar-refractivity contribution in [3.8, 4) is 0 Å². The van der Waals surface area contributed by atoms with Crippen molar-refractivity contribution in [1.29, 1.82) is 0 Å². The van der Waals surface area contributed by atoms with Crippen LogP contribution in [-0.2, 0) is 4.79 Å². The van der Waals surface area contributed by atoms with Gasteiger partial charge in [0, 0.05) is 14.6 Å². The van der Waals surface area contributed by atoms with Crippen molar-refractivity contribution in [3.63, 3.8) is 0 Å². The summed E-state index contributed by atoms with van der Waals surface area (Å²) >= 11 is 5.45. The molecule has 0 aliphatic heterocycles. The second kappa shape index (κ2) is 7.84. The molecular formula is C13H15BrINO3. The minimum absolute atomic E-state index is 0.131. The van der Waals surface area contributed by atoms with Crippen molar-refractivity contribution in [3.05, 3.63) is 31.8 Å². The van der Waals surface area contributed by atoms with E-state index < -0.39 is 5.97 Å². The van der Waals surface area contributed by atoms with Gasteiger partial charge in [0.15, 0.2) is 0 Å². The summed E-state index contributed by atoms with van der Waals surface area (Å²) < 4.78 is 1.75. The highest BCUT2D eigenvalue weighted by Crippen LogP contribution is 2.18. The minimum atomic E-state index is -0.798. The number of nitrogens with one attached hydrogen (secondary N) is 1. The summed E-state index contributed by atoms with van der Waals surface area (Å²) in [7, 11) is 0. The van der Waals surface area contributed by atoms with Gasteiger partial charge < -0.3 is 10.4 Å². The first-order valence-electron chi connectivity index (χ1n) is 5.88. The van der Waals surface area contributed by atoms with Crippen LogP contribution in [0.15, 0.2) is 22.7 Å². The van der Waals surface area contributed by atoms with Gasteiger partial charge in [-0.3, -0.25) is 9.59 Å². The molecule has 0 heterocycles. The van der Waals surface area contributed by atoms with Crippen molar-refractivity contribution < 1.29 is 14.7 Å². The quantitative estimate of drug-likeness (QED) is 0.528. The van der Waals surface area contributed by atoms with Crippen LogP contribution < -0.4 is 5.32 Å². The summed E-state index contributed by atoms with van der Waals surface area (Å²) in [4.78, 5) is 22.6. The topological polar surface area (TPSA) is 66.4 Å². The van der Waals surface area contributed by atoms with E-state index in [1.807, 2.05) is 12.1 Å². The van der Waals surface area contributed by atoms with Crippen LogP contribution in [0.2, 0.25) is 0 Å². The SMILES string of the molecule is CC(CCCNC(=O)c1cc(Br)ccc1I)C(=O)O. The maximum Gasteiger partial charge on any atom is 0.306 e. The normalized spacial score (nSPS) is 11.9. The zero-order valence-electron chi connectivity index (χ0n) is 10.5. The number of halogens is 2. The molecular weight excluding hydrogens is 425 g/mol. The average Bonchev–Trinajstić information content (AvgIpc) is 2.36. The highest BCUT2D eigenvalue weighted by atomic mass is 127. The van der Waals surface area contributed by atoms with Crippen molar-refractivity contribution in [2.75, 3.05) is 6.54 Å². The Labute approximate surface area is 134 Å². The second-order valence-electron chi connectivity index (χ2n) is 4.26. The molecule has 0 fully saturated rings. The van der Waals surface area contributed by atoms with Crippen LogP contribution >= 0.6 is 38.5 Å². The van der Waals surface area contributed by atoms with Crippen LogP contribution in [0.25, 0.3) is 0 Å². The molecule has 1 aromatic rings. The number of hydrogen-bond acceptors (Lipinski definition) is 2. The van der Waals surface area contributed by atoms with E-state index in [-0.39, 0.29) is 11.8 Å². The van der Waals surface area contributed by atoms with Crippen LogP contribution in [0.5, 0.6) is 0 Å². The summed E-state index contributed by atoms with van der Waals surface area (Å²) in [6.07, 6.45) is 1.22. The first-order valence-corrected chi connectivity index (χ1v) is 7.75. The highest BCUT2D eigenvalue weighted by Gasteiger charge is 2.12. The van der Waals surface area contributed by atoms with E-state index in [1.54, 1.807) is 13.0 Å². The summed E-state index contributed by atoms with van der Waals surface area (Å²) in [6.45, 7) is 2.15. The largest absolute Gasteiger partial charge is 0.481 e. The minimum Gasteiger partial charge on any atom is -0.481 e. The number of benzene rings is 1. The second-order valence-corrected chi connectivity index (χ2v) is 6.34. The van der Waals surface area contributed by atoms with Crippen LogP contribution in [0, 0.1) is 9.49 Å². The molecule has 0 saturated carbocycles. The predicted molar refractivity (Wildman–Crippen MR) is 85.2 cm³/mol. The fourth-order valence-corrected chi connectivity index (χ4v) is 2.44. The Kier molecular flexibility index (Phi) is 6.78. The fraction of sp³-hybridized carbons (Fsp3) is 0.385. The summed E-state index contributed by atoms with van der Waals surface area (Å²) in [5.41, 5.74) is 0.626. The van der Waals surface area contributed by atoms with Gasteiger partial charge in [-0.05, 0) is 53.6 Å². The van der Waals surface area contributed by atoms with Gasteiger partial charge >= 0.3 is 5.97 Å². The smallest absolute Gasteiger partial charge is 0.306 e. The van der Waals surface area contributed by atoms with E-state index in [0.29, 0.717) is 24.9 Å². The Bertz CT molecular complexity index is 479. The molecule has 0 radical (unpaired) electrons. The lowest BCUT2D eigenvalue weighted by Gasteiger charge is -2.09. The standard InChI is InChI=1S/C13H15BrINO3/c1-8(13(18)19)3-2-6-16-12(17)10-7-9(14)4-5-11(10)15/h4-5,7-8H,2-3,6H2,1H3,(H,16,17)(H,18,19). The van der Waals surface area contributed by atoms with E-state index in [0.717, 1.165) is 8.04 Å². The Morgan fingerprint density at radius 1 is 1.47 bits per heavy atom. The lowest BCUT2D eigenvalue weighted by atomic mass is 10.1. The zero-order chi connectivity index (χ0) is 14.4. The molecule has 1 atom stereocenters. The Morgan fingerprint density at radius 3 is 2.79 bits per heavy atom. The lowest BCUT2D eigenvalue weighted by molar-refractivity contribution is -0.141. The van der Waals surface area contributed by atoms with E-state index in [1.165, 1.54) is 0 Å². The van der Waals surface area contributed by atoms with Crippen molar-refractivity contribution in [1.82, 2.24) is 5.32 Å². The lowest BCUT2D eigenvalue weighted by Crippen LogP contribution is -2.26. The first kappa shape index (κ1) is 16.4. The fourth-order valence-electron chi connectivity index (χ4n) is 1.50. The number of carboxylic acid groups (broad SMARTS) is 1. The van der Waals surface area contributed by atoms with Gasteiger partial charge in [0.1, 0.15) is 0 Å². The molecule has 0 aliphatic rings. The summed E-state index contributed by atoms with van der Waals surface area (Å²) in [5, 5.41) is 11.5. The number of aliphatic carboxylic acids is 1. The van der Waals surface area contributed by atoms with Crippen LogP contribution in [0.1, 0.15) is 30.1 Å². The molecule has 6 heteroatoms. The molecule has 1 unspecified atom stereocenters. The average molecular weight is 440 g/mol. The molecule has 2 N–H and O–H groups in total. The van der Waals surface area contributed by atoms with Gasteiger partial charge in [-0.1, -0.05) is 22.9 Å². The van der Waals surface area contributed by atoms with E-state index in [4.69, 9.17) is 5.11 Å². The molecule has 0 aliphatic carbocycles. The third-order valence-corrected chi connectivity index (χ3v) is 4.13.